The number of anilines is 1. The standard InChI is InChI=1S/C22H17F2N3O4/c1-11(12-3-4-14-8-15(29-2)6-5-13(14)7-12)20(28)27-21-25-16-9-18-19(10-17(16)26-21)31-22(23,24)30-18/h3-11H,1-2H3,(H2,25,26,27,28). The summed E-state index contributed by atoms with van der Waals surface area (Å²) in [5.74, 6) is 0.0472. The summed E-state index contributed by atoms with van der Waals surface area (Å²) in [4.78, 5) is 19.9. The van der Waals surface area contributed by atoms with Gasteiger partial charge in [0.05, 0.1) is 24.1 Å². The van der Waals surface area contributed by atoms with Crippen LogP contribution in [0.5, 0.6) is 17.2 Å². The molecule has 1 aromatic heterocycles. The molecule has 0 radical (unpaired) electrons. The van der Waals surface area contributed by atoms with E-state index in [1.165, 1.54) is 12.1 Å². The van der Waals surface area contributed by atoms with Crippen LogP contribution in [0.4, 0.5) is 14.7 Å². The van der Waals surface area contributed by atoms with E-state index in [0.29, 0.717) is 11.0 Å². The fourth-order valence-corrected chi connectivity index (χ4v) is 3.53. The smallest absolute Gasteiger partial charge is 0.497 e. The van der Waals surface area contributed by atoms with Gasteiger partial charge in [0.1, 0.15) is 5.75 Å². The number of halogens is 2. The van der Waals surface area contributed by atoms with E-state index in [4.69, 9.17) is 4.74 Å². The zero-order valence-electron chi connectivity index (χ0n) is 16.5. The second-order valence-electron chi connectivity index (χ2n) is 7.25. The van der Waals surface area contributed by atoms with Gasteiger partial charge in [0, 0.05) is 12.1 Å². The molecule has 1 aliphatic heterocycles. The number of carbonyl (C=O) groups is 1. The van der Waals surface area contributed by atoms with Crippen LogP contribution in [0.25, 0.3) is 21.8 Å². The third kappa shape index (κ3) is 3.48. The molecule has 2 N–H and O–H groups in total. The van der Waals surface area contributed by atoms with Gasteiger partial charge in [-0.25, -0.2) is 4.98 Å². The Labute approximate surface area is 174 Å². The second kappa shape index (κ2) is 6.83. The number of benzene rings is 3. The van der Waals surface area contributed by atoms with E-state index in [-0.39, 0.29) is 23.4 Å². The topological polar surface area (TPSA) is 85.5 Å². The Morgan fingerprint density at radius 2 is 1.81 bits per heavy atom. The minimum absolute atomic E-state index is 0.0970. The Hall–Kier alpha value is -3.88. The van der Waals surface area contributed by atoms with Crippen LogP contribution in [0, 0.1) is 0 Å². The zero-order chi connectivity index (χ0) is 21.8. The summed E-state index contributed by atoms with van der Waals surface area (Å²) >= 11 is 0. The van der Waals surface area contributed by atoms with Crippen molar-refractivity contribution in [3.63, 3.8) is 0 Å². The predicted octanol–water partition coefficient (Wildman–Crippen LogP) is 4.79. The largest absolute Gasteiger partial charge is 0.586 e. The Kier molecular flexibility index (Phi) is 4.21. The lowest BCUT2D eigenvalue weighted by molar-refractivity contribution is -0.286. The van der Waals surface area contributed by atoms with Gasteiger partial charge in [-0.15, -0.1) is 8.78 Å². The van der Waals surface area contributed by atoms with Crippen LogP contribution in [0.2, 0.25) is 0 Å². The Balaban J connectivity index is 1.36. The number of imidazole rings is 1. The summed E-state index contributed by atoms with van der Waals surface area (Å²) in [7, 11) is 1.61. The number of fused-ring (bicyclic) bond motifs is 3. The molecule has 0 saturated carbocycles. The third-order valence-electron chi connectivity index (χ3n) is 5.21. The number of rotatable bonds is 4. The quantitative estimate of drug-likeness (QED) is 0.491. The normalized spacial score (nSPS) is 15.2. The van der Waals surface area contributed by atoms with Crippen LogP contribution in [0.3, 0.4) is 0 Å². The molecule has 1 aliphatic rings. The summed E-state index contributed by atoms with van der Waals surface area (Å²) in [5, 5.41) is 4.74. The van der Waals surface area contributed by atoms with Crippen LogP contribution >= 0.6 is 0 Å². The molecule has 0 bridgehead atoms. The third-order valence-corrected chi connectivity index (χ3v) is 5.21. The highest BCUT2D eigenvalue weighted by Gasteiger charge is 2.43. The van der Waals surface area contributed by atoms with Gasteiger partial charge >= 0.3 is 6.29 Å². The Bertz CT molecular complexity index is 1290. The first kappa shape index (κ1) is 19.1. The van der Waals surface area contributed by atoms with E-state index in [1.807, 2.05) is 36.4 Å². The van der Waals surface area contributed by atoms with Crippen LogP contribution in [0.15, 0.2) is 48.5 Å². The molecule has 4 aromatic rings. The molecule has 158 valence electrons. The van der Waals surface area contributed by atoms with E-state index in [1.54, 1.807) is 14.0 Å². The number of ether oxygens (including phenoxy) is 3. The number of H-pyrrole nitrogens is 1. The number of alkyl halides is 2. The molecule has 7 nitrogen and oxygen atoms in total. The van der Waals surface area contributed by atoms with Crippen molar-refractivity contribution in [1.29, 1.82) is 0 Å². The van der Waals surface area contributed by atoms with Gasteiger partial charge in [0.15, 0.2) is 11.5 Å². The van der Waals surface area contributed by atoms with Crippen molar-refractivity contribution in [2.45, 2.75) is 19.1 Å². The van der Waals surface area contributed by atoms with Crippen molar-refractivity contribution in [2.24, 2.45) is 0 Å². The lowest BCUT2D eigenvalue weighted by Gasteiger charge is -2.12. The lowest BCUT2D eigenvalue weighted by atomic mass is 9.97. The lowest BCUT2D eigenvalue weighted by Crippen LogP contribution is -2.25. The number of nitrogens with zero attached hydrogens (tertiary/aromatic N) is 1. The molecule has 0 fully saturated rings. The molecule has 1 unspecified atom stereocenters. The van der Waals surface area contributed by atoms with Crippen molar-refractivity contribution in [2.75, 3.05) is 12.4 Å². The predicted molar refractivity (Wildman–Crippen MR) is 110 cm³/mol. The van der Waals surface area contributed by atoms with Crippen molar-refractivity contribution in [3.8, 4) is 17.2 Å². The highest BCUT2D eigenvalue weighted by Crippen LogP contribution is 2.43. The molecule has 0 saturated heterocycles. The van der Waals surface area contributed by atoms with Crippen molar-refractivity contribution in [3.05, 3.63) is 54.1 Å². The van der Waals surface area contributed by atoms with Gasteiger partial charge < -0.3 is 19.2 Å². The first-order chi connectivity index (χ1) is 14.8. The van der Waals surface area contributed by atoms with Crippen molar-refractivity contribution < 1.29 is 27.8 Å². The number of methoxy groups -OCH3 is 1. The number of aromatic amines is 1. The molecular formula is C22H17F2N3O4. The molecule has 3 aromatic carbocycles. The highest BCUT2D eigenvalue weighted by molar-refractivity contribution is 5.96. The van der Waals surface area contributed by atoms with E-state index in [9.17, 15) is 13.6 Å². The van der Waals surface area contributed by atoms with E-state index in [0.717, 1.165) is 22.1 Å². The number of amides is 1. The first-order valence-corrected chi connectivity index (χ1v) is 9.49. The van der Waals surface area contributed by atoms with Crippen molar-refractivity contribution >= 4 is 33.7 Å². The average Bonchev–Trinajstić information content (AvgIpc) is 3.26. The summed E-state index contributed by atoms with van der Waals surface area (Å²) < 4.78 is 40.5. The van der Waals surface area contributed by atoms with Gasteiger partial charge in [-0.3, -0.25) is 10.1 Å². The molecule has 0 aliphatic carbocycles. The van der Waals surface area contributed by atoms with E-state index < -0.39 is 12.2 Å². The number of carbonyl (C=O) groups excluding carboxylic acids is 1. The van der Waals surface area contributed by atoms with Gasteiger partial charge in [-0.1, -0.05) is 24.3 Å². The summed E-state index contributed by atoms with van der Waals surface area (Å²) in [6.07, 6.45) is -3.70. The number of hydrogen-bond acceptors (Lipinski definition) is 5. The number of nitrogens with one attached hydrogen (secondary N) is 2. The highest BCUT2D eigenvalue weighted by atomic mass is 19.3. The van der Waals surface area contributed by atoms with Crippen LogP contribution in [0.1, 0.15) is 18.4 Å². The maximum absolute atomic E-state index is 13.2. The molecule has 0 spiro atoms. The summed E-state index contributed by atoms with van der Waals surface area (Å²) in [6, 6.07) is 14.2. The zero-order valence-corrected chi connectivity index (χ0v) is 16.5. The first-order valence-electron chi connectivity index (χ1n) is 9.49. The Morgan fingerprint density at radius 1 is 1.10 bits per heavy atom. The molecule has 2 heterocycles. The number of hydrogen-bond donors (Lipinski definition) is 2. The fourth-order valence-electron chi connectivity index (χ4n) is 3.53. The van der Waals surface area contributed by atoms with Crippen molar-refractivity contribution in [1.82, 2.24) is 9.97 Å². The van der Waals surface area contributed by atoms with Gasteiger partial charge in [0.2, 0.25) is 11.9 Å². The average molecular weight is 425 g/mol. The summed E-state index contributed by atoms with van der Waals surface area (Å²) in [6.45, 7) is 1.79. The second-order valence-corrected chi connectivity index (χ2v) is 7.25. The minimum Gasteiger partial charge on any atom is -0.497 e. The summed E-state index contributed by atoms with van der Waals surface area (Å²) in [5.41, 5.74) is 1.64. The molecule has 9 heteroatoms. The minimum atomic E-state index is -3.70. The van der Waals surface area contributed by atoms with Gasteiger partial charge in [0.25, 0.3) is 0 Å². The molecule has 5 rings (SSSR count). The Morgan fingerprint density at radius 3 is 2.58 bits per heavy atom. The molecule has 1 atom stereocenters. The fraction of sp³-hybridized carbons (Fsp3) is 0.182. The van der Waals surface area contributed by atoms with Crippen LogP contribution in [-0.4, -0.2) is 29.3 Å². The molecule has 1 amide bonds. The van der Waals surface area contributed by atoms with Crippen LogP contribution < -0.4 is 19.5 Å². The van der Waals surface area contributed by atoms with E-state index in [2.05, 4.69) is 24.8 Å². The SMILES string of the molecule is COc1ccc2cc(C(C)C(=O)Nc3nc4cc5c(cc4[nH]3)OC(F)(F)O5)ccc2c1. The maximum Gasteiger partial charge on any atom is 0.586 e. The number of aromatic nitrogens is 2. The van der Waals surface area contributed by atoms with E-state index >= 15 is 0 Å². The molecular weight excluding hydrogens is 408 g/mol. The van der Waals surface area contributed by atoms with Gasteiger partial charge in [-0.2, -0.15) is 0 Å². The van der Waals surface area contributed by atoms with Gasteiger partial charge in [-0.05, 0) is 35.4 Å². The molecule has 31 heavy (non-hydrogen) atoms. The maximum atomic E-state index is 13.2. The monoisotopic (exact) mass is 425 g/mol. The van der Waals surface area contributed by atoms with Crippen LogP contribution in [-0.2, 0) is 4.79 Å².